The molecule has 70 valence electrons. The predicted molar refractivity (Wildman–Crippen MR) is 54.0 cm³/mol. The second kappa shape index (κ2) is 3.35. The summed E-state index contributed by atoms with van der Waals surface area (Å²) < 4.78 is 11.6. The van der Waals surface area contributed by atoms with Crippen molar-refractivity contribution in [1.82, 2.24) is 0 Å². The van der Waals surface area contributed by atoms with Crippen LogP contribution in [-0.4, -0.2) is 19.2 Å². The summed E-state index contributed by atoms with van der Waals surface area (Å²) in [7, 11) is -2.29. The van der Waals surface area contributed by atoms with Crippen molar-refractivity contribution in [2.75, 3.05) is 13.3 Å². The Morgan fingerprint density at radius 2 is 2.00 bits per heavy atom. The molecule has 0 atom stereocenters. The number of amides is 1. The van der Waals surface area contributed by atoms with Crippen molar-refractivity contribution in [3.8, 4) is 0 Å². The number of carbonyl (C=O) groups is 1. The van der Waals surface area contributed by atoms with E-state index in [0.29, 0.717) is 10.9 Å². The van der Waals surface area contributed by atoms with Crippen LogP contribution in [-0.2, 0) is 4.57 Å². The molecule has 0 aromatic heterocycles. The third-order valence-electron chi connectivity index (χ3n) is 1.75. The van der Waals surface area contributed by atoms with E-state index in [4.69, 9.17) is 5.73 Å². The molecule has 0 bridgehead atoms. The van der Waals surface area contributed by atoms with Gasteiger partial charge >= 0.3 is 0 Å². The molecule has 0 fully saturated rings. The zero-order chi connectivity index (χ0) is 10.1. The van der Waals surface area contributed by atoms with E-state index in [1.165, 1.54) is 0 Å². The highest BCUT2D eigenvalue weighted by atomic mass is 31.2. The van der Waals surface area contributed by atoms with Crippen LogP contribution in [0, 0.1) is 0 Å². The van der Waals surface area contributed by atoms with Crippen LogP contribution in [0.5, 0.6) is 0 Å². The Morgan fingerprint density at radius 1 is 1.38 bits per heavy atom. The topological polar surface area (TPSA) is 60.2 Å². The fourth-order valence-electron chi connectivity index (χ4n) is 0.994. The highest BCUT2D eigenvalue weighted by Crippen LogP contribution is 2.34. The molecule has 0 spiro atoms. The van der Waals surface area contributed by atoms with Crippen LogP contribution in [0.2, 0.25) is 0 Å². The number of benzene rings is 1. The first-order valence-corrected chi connectivity index (χ1v) is 6.47. The number of nitrogens with two attached hydrogens (primary N) is 1. The van der Waals surface area contributed by atoms with Gasteiger partial charge in [0.1, 0.15) is 7.14 Å². The molecule has 0 aliphatic carbocycles. The number of rotatable bonds is 2. The maximum Gasteiger partial charge on any atom is 0.248 e. The molecule has 1 amide bonds. The lowest BCUT2D eigenvalue weighted by Crippen LogP contribution is -2.14. The van der Waals surface area contributed by atoms with Gasteiger partial charge in [-0.1, -0.05) is 12.1 Å². The van der Waals surface area contributed by atoms with E-state index in [9.17, 15) is 9.36 Å². The molecular weight excluding hydrogens is 185 g/mol. The van der Waals surface area contributed by atoms with Crippen molar-refractivity contribution in [3.63, 3.8) is 0 Å². The summed E-state index contributed by atoms with van der Waals surface area (Å²) in [5, 5.41) is 0.684. The number of hydrogen-bond acceptors (Lipinski definition) is 2. The molecule has 0 radical (unpaired) electrons. The van der Waals surface area contributed by atoms with E-state index >= 15 is 0 Å². The Bertz CT molecular complexity index is 381. The van der Waals surface area contributed by atoms with Gasteiger partial charge in [-0.3, -0.25) is 4.79 Å². The van der Waals surface area contributed by atoms with Crippen molar-refractivity contribution in [1.29, 1.82) is 0 Å². The molecule has 0 aliphatic rings. The van der Waals surface area contributed by atoms with Crippen molar-refractivity contribution >= 4 is 18.4 Å². The normalized spacial score (nSPS) is 11.2. The molecule has 1 rings (SSSR count). The standard InChI is InChI=1S/C9H12NO2P/c1-13(2,12)8-5-3-4-7(6-8)9(10)11/h3-6H,1-2H3,(H2,10,11). The average molecular weight is 197 g/mol. The minimum absolute atomic E-state index is 0.404. The summed E-state index contributed by atoms with van der Waals surface area (Å²) in [6, 6.07) is 6.63. The van der Waals surface area contributed by atoms with Crippen LogP contribution < -0.4 is 11.0 Å². The summed E-state index contributed by atoms with van der Waals surface area (Å²) in [6.07, 6.45) is 0. The van der Waals surface area contributed by atoms with E-state index in [-0.39, 0.29) is 0 Å². The van der Waals surface area contributed by atoms with Crippen molar-refractivity contribution in [3.05, 3.63) is 29.8 Å². The highest BCUT2D eigenvalue weighted by Gasteiger charge is 2.12. The molecule has 3 nitrogen and oxygen atoms in total. The van der Waals surface area contributed by atoms with Crippen LogP contribution in [0.4, 0.5) is 0 Å². The maximum atomic E-state index is 11.6. The molecule has 13 heavy (non-hydrogen) atoms. The molecule has 0 heterocycles. The van der Waals surface area contributed by atoms with E-state index in [0.717, 1.165) is 0 Å². The summed E-state index contributed by atoms with van der Waals surface area (Å²) in [6.45, 7) is 3.32. The zero-order valence-electron chi connectivity index (χ0n) is 7.65. The average Bonchev–Trinajstić information content (AvgIpc) is 2.03. The molecule has 4 heteroatoms. The molecule has 1 aromatic carbocycles. The fourth-order valence-corrected chi connectivity index (χ4v) is 1.89. The SMILES string of the molecule is CP(C)(=O)c1cccc(C(N)=O)c1. The van der Waals surface area contributed by atoms with E-state index in [2.05, 4.69) is 0 Å². The van der Waals surface area contributed by atoms with Gasteiger partial charge in [-0.25, -0.2) is 0 Å². The lowest BCUT2D eigenvalue weighted by molar-refractivity contribution is 0.100. The second-order valence-corrected chi connectivity index (χ2v) is 6.48. The van der Waals surface area contributed by atoms with E-state index in [1.807, 2.05) is 0 Å². The molecule has 1 aromatic rings. The quantitative estimate of drug-likeness (QED) is 0.720. The summed E-state index contributed by atoms with van der Waals surface area (Å²) in [5.74, 6) is -0.490. The zero-order valence-corrected chi connectivity index (χ0v) is 8.54. The van der Waals surface area contributed by atoms with Crippen LogP contribution in [0.25, 0.3) is 0 Å². The molecular formula is C9H12NO2P. The number of hydrogen-bond donors (Lipinski definition) is 1. The summed E-state index contributed by atoms with van der Waals surface area (Å²) in [4.78, 5) is 10.8. The smallest absolute Gasteiger partial charge is 0.248 e. The van der Waals surface area contributed by atoms with Gasteiger partial charge < -0.3 is 10.3 Å². The maximum absolute atomic E-state index is 11.6. The second-order valence-electron chi connectivity index (χ2n) is 3.27. The van der Waals surface area contributed by atoms with Gasteiger partial charge in [0.05, 0.1) is 0 Å². The van der Waals surface area contributed by atoms with Crippen LogP contribution in [0.15, 0.2) is 24.3 Å². The van der Waals surface area contributed by atoms with E-state index < -0.39 is 13.0 Å². The molecule has 0 unspecified atom stereocenters. The predicted octanol–water partition coefficient (Wildman–Crippen LogP) is 1.03. The first kappa shape index (κ1) is 10.0. The Morgan fingerprint density at radius 3 is 2.46 bits per heavy atom. The van der Waals surface area contributed by atoms with Gasteiger partial charge in [0.2, 0.25) is 5.91 Å². The fraction of sp³-hybridized carbons (Fsp3) is 0.222. The highest BCUT2D eigenvalue weighted by molar-refractivity contribution is 7.70. The van der Waals surface area contributed by atoms with Crippen LogP contribution >= 0.6 is 7.14 Å². The van der Waals surface area contributed by atoms with Gasteiger partial charge in [-0.15, -0.1) is 0 Å². The lowest BCUT2D eigenvalue weighted by Gasteiger charge is -2.07. The molecule has 0 saturated carbocycles. The monoisotopic (exact) mass is 197 g/mol. The number of carbonyl (C=O) groups excluding carboxylic acids is 1. The van der Waals surface area contributed by atoms with Gasteiger partial charge in [-0.2, -0.15) is 0 Å². The minimum Gasteiger partial charge on any atom is -0.366 e. The third-order valence-corrected chi connectivity index (χ3v) is 3.27. The lowest BCUT2D eigenvalue weighted by atomic mass is 10.2. The largest absolute Gasteiger partial charge is 0.366 e. The van der Waals surface area contributed by atoms with Crippen molar-refractivity contribution < 1.29 is 9.36 Å². The third kappa shape index (κ3) is 2.43. The van der Waals surface area contributed by atoms with Crippen molar-refractivity contribution in [2.24, 2.45) is 5.73 Å². The Labute approximate surface area is 77.3 Å². The minimum atomic E-state index is -2.29. The summed E-state index contributed by atoms with van der Waals surface area (Å²) >= 11 is 0. The van der Waals surface area contributed by atoms with Gasteiger partial charge in [-0.05, 0) is 25.5 Å². The number of primary amides is 1. The Balaban J connectivity index is 3.21. The van der Waals surface area contributed by atoms with E-state index in [1.54, 1.807) is 37.6 Å². The van der Waals surface area contributed by atoms with Crippen LogP contribution in [0.3, 0.4) is 0 Å². The van der Waals surface area contributed by atoms with Gasteiger partial charge in [0.25, 0.3) is 0 Å². The Kier molecular flexibility index (Phi) is 2.58. The van der Waals surface area contributed by atoms with Crippen LogP contribution in [0.1, 0.15) is 10.4 Å². The van der Waals surface area contributed by atoms with Gasteiger partial charge in [0, 0.05) is 10.9 Å². The summed E-state index contributed by atoms with van der Waals surface area (Å²) in [5.41, 5.74) is 5.50. The first-order valence-electron chi connectivity index (χ1n) is 3.86. The van der Waals surface area contributed by atoms with Gasteiger partial charge in [0.15, 0.2) is 0 Å². The molecule has 0 saturated heterocycles. The molecule has 2 N–H and O–H groups in total. The first-order chi connectivity index (χ1) is 5.91. The molecule has 0 aliphatic heterocycles. The van der Waals surface area contributed by atoms with Crippen molar-refractivity contribution in [2.45, 2.75) is 0 Å². The Hall–Kier alpha value is -1.08.